The van der Waals surface area contributed by atoms with E-state index in [4.69, 9.17) is 27.3 Å². The largest absolute Gasteiger partial charge is 0.489 e. The normalized spacial score (nSPS) is 24.1. The number of nitrogens with two attached hydrogens (primary N) is 1. The molecule has 0 bridgehead atoms. The van der Waals surface area contributed by atoms with Gasteiger partial charge in [-0.3, -0.25) is 0 Å². The number of halogens is 1. The molecule has 1 aromatic carbocycles. The van der Waals surface area contributed by atoms with Gasteiger partial charge in [0.05, 0.1) is 16.7 Å². The van der Waals surface area contributed by atoms with Crippen molar-refractivity contribution in [1.29, 1.82) is 5.26 Å². The average molecular weight is 237 g/mol. The van der Waals surface area contributed by atoms with Crippen molar-refractivity contribution in [2.45, 2.75) is 31.4 Å². The lowest BCUT2D eigenvalue weighted by atomic mass is 10.2. The van der Waals surface area contributed by atoms with Crippen molar-refractivity contribution >= 4 is 11.6 Å². The van der Waals surface area contributed by atoms with Crippen LogP contribution in [0.1, 0.15) is 24.8 Å². The average Bonchev–Trinajstić information content (AvgIpc) is 2.67. The Labute approximate surface area is 99.8 Å². The highest BCUT2D eigenvalue weighted by atomic mass is 35.5. The van der Waals surface area contributed by atoms with Gasteiger partial charge in [0.2, 0.25) is 0 Å². The minimum absolute atomic E-state index is 0.153. The Morgan fingerprint density at radius 2 is 2.25 bits per heavy atom. The van der Waals surface area contributed by atoms with Crippen molar-refractivity contribution in [2.75, 3.05) is 0 Å². The monoisotopic (exact) mass is 236 g/mol. The molecule has 3 nitrogen and oxygen atoms in total. The molecule has 0 heterocycles. The molecule has 2 unspecified atom stereocenters. The first-order chi connectivity index (χ1) is 7.69. The zero-order valence-corrected chi connectivity index (χ0v) is 9.57. The lowest BCUT2D eigenvalue weighted by molar-refractivity contribution is 0.208. The van der Waals surface area contributed by atoms with Crippen LogP contribution in [0.5, 0.6) is 5.75 Å². The highest BCUT2D eigenvalue weighted by Crippen LogP contribution is 2.29. The van der Waals surface area contributed by atoms with Crippen LogP contribution in [-0.2, 0) is 0 Å². The molecule has 1 aliphatic rings. The van der Waals surface area contributed by atoms with E-state index in [0.717, 1.165) is 19.3 Å². The molecule has 84 valence electrons. The molecule has 0 radical (unpaired) electrons. The zero-order chi connectivity index (χ0) is 11.5. The summed E-state index contributed by atoms with van der Waals surface area (Å²) >= 11 is 6.02. The van der Waals surface area contributed by atoms with Crippen LogP contribution < -0.4 is 10.5 Å². The second-order valence-corrected chi connectivity index (χ2v) is 4.48. The Kier molecular flexibility index (Phi) is 3.33. The zero-order valence-electron chi connectivity index (χ0n) is 8.82. The van der Waals surface area contributed by atoms with E-state index in [1.807, 2.05) is 6.07 Å². The highest BCUT2D eigenvalue weighted by molar-refractivity contribution is 6.32. The number of ether oxygens (including phenoxy) is 1. The van der Waals surface area contributed by atoms with Crippen molar-refractivity contribution < 1.29 is 4.74 Å². The fraction of sp³-hybridized carbons (Fsp3) is 0.417. The van der Waals surface area contributed by atoms with E-state index in [1.54, 1.807) is 18.2 Å². The van der Waals surface area contributed by atoms with Gasteiger partial charge in [-0.05, 0) is 37.5 Å². The number of nitriles is 1. The summed E-state index contributed by atoms with van der Waals surface area (Å²) in [6.45, 7) is 0. The molecule has 1 saturated carbocycles. The Morgan fingerprint density at radius 3 is 2.81 bits per heavy atom. The van der Waals surface area contributed by atoms with Crippen molar-refractivity contribution in [3.05, 3.63) is 28.8 Å². The van der Waals surface area contributed by atoms with Gasteiger partial charge in [-0.15, -0.1) is 0 Å². The number of nitrogens with zero attached hydrogens (tertiary/aromatic N) is 1. The summed E-state index contributed by atoms with van der Waals surface area (Å²) in [5, 5.41) is 9.19. The van der Waals surface area contributed by atoms with Gasteiger partial charge in [-0.1, -0.05) is 11.6 Å². The smallest absolute Gasteiger partial charge is 0.138 e. The predicted molar refractivity (Wildman–Crippen MR) is 62.4 cm³/mol. The topological polar surface area (TPSA) is 59.0 Å². The summed E-state index contributed by atoms with van der Waals surface area (Å²) in [6.07, 6.45) is 2.99. The van der Waals surface area contributed by atoms with E-state index in [2.05, 4.69) is 0 Å². The second-order valence-electron chi connectivity index (χ2n) is 4.07. The summed E-state index contributed by atoms with van der Waals surface area (Å²) in [5.74, 6) is 0.639. The van der Waals surface area contributed by atoms with E-state index in [-0.39, 0.29) is 12.1 Å². The molecule has 2 N–H and O–H groups in total. The molecule has 2 rings (SSSR count). The lowest BCUT2D eigenvalue weighted by Gasteiger charge is -2.14. The Bertz CT molecular complexity index is 428. The van der Waals surface area contributed by atoms with Gasteiger partial charge in [0.25, 0.3) is 0 Å². The van der Waals surface area contributed by atoms with E-state index in [1.165, 1.54) is 0 Å². The minimum Gasteiger partial charge on any atom is -0.489 e. The minimum atomic E-state index is 0.153. The van der Waals surface area contributed by atoms with Crippen LogP contribution in [0.2, 0.25) is 5.02 Å². The fourth-order valence-corrected chi connectivity index (χ4v) is 2.15. The van der Waals surface area contributed by atoms with Crippen molar-refractivity contribution in [3.63, 3.8) is 0 Å². The van der Waals surface area contributed by atoms with E-state index in [0.29, 0.717) is 16.3 Å². The molecule has 0 aromatic heterocycles. The van der Waals surface area contributed by atoms with E-state index in [9.17, 15) is 0 Å². The third kappa shape index (κ3) is 2.46. The summed E-state index contributed by atoms with van der Waals surface area (Å²) in [5.41, 5.74) is 6.35. The lowest BCUT2D eigenvalue weighted by Crippen LogP contribution is -2.19. The Balaban J connectivity index is 2.08. The molecule has 0 aliphatic heterocycles. The highest BCUT2D eigenvalue weighted by Gasteiger charge is 2.23. The van der Waals surface area contributed by atoms with Gasteiger partial charge in [0, 0.05) is 6.04 Å². The van der Waals surface area contributed by atoms with Gasteiger partial charge in [0.15, 0.2) is 0 Å². The molecule has 1 aromatic rings. The van der Waals surface area contributed by atoms with Crippen LogP contribution in [0.25, 0.3) is 0 Å². The summed E-state index contributed by atoms with van der Waals surface area (Å²) in [4.78, 5) is 0. The Hall–Kier alpha value is -1.24. The SMILES string of the molecule is N#Cc1ccc(OC2CCC(N)C2)c(Cl)c1. The van der Waals surface area contributed by atoms with Crippen LogP contribution in [0.15, 0.2) is 18.2 Å². The third-order valence-electron chi connectivity index (χ3n) is 2.78. The van der Waals surface area contributed by atoms with Crippen LogP contribution in [-0.4, -0.2) is 12.1 Å². The summed E-state index contributed by atoms with van der Waals surface area (Å²) in [7, 11) is 0. The van der Waals surface area contributed by atoms with Gasteiger partial charge in [-0.25, -0.2) is 0 Å². The van der Waals surface area contributed by atoms with E-state index >= 15 is 0 Å². The second kappa shape index (κ2) is 4.73. The molecule has 0 amide bonds. The fourth-order valence-electron chi connectivity index (χ4n) is 1.93. The van der Waals surface area contributed by atoms with Crippen LogP contribution in [0.3, 0.4) is 0 Å². The van der Waals surface area contributed by atoms with Crippen LogP contribution >= 0.6 is 11.6 Å². The van der Waals surface area contributed by atoms with Gasteiger partial charge in [-0.2, -0.15) is 5.26 Å². The van der Waals surface area contributed by atoms with Crippen molar-refractivity contribution in [1.82, 2.24) is 0 Å². The van der Waals surface area contributed by atoms with Gasteiger partial charge < -0.3 is 10.5 Å². The van der Waals surface area contributed by atoms with Gasteiger partial charge >= 0.3 is 0 Å². The first-order valence-corrected chi connectivity index (χ1v) is 5.68. The molecule has 4 heteroatoms. The summed E-state index contributed by atoms with van der Waals surface area (Å²) in [6, 6.07) is 7.34. The Morgan fingerprint density at radius 1 is 1.44 bits per heavy atom. The molecular weight excluding hydrogens is 224 g/mol. The molecule has 0 saturated heterocycles. The van der Waals surface area contributed by atoms with Crippen molar-refractivity contribution in [2.24, 2.45) is 5.73 Å². The standard InChI is InChI=1S/C12H13ClN2O/c13-11-5-8(7-14)1-4-12(11)16-10-3-2-9(15)6-10/h1,4-5,9-10H,2-3,6,15H2. The number of hydrogen-bond donors (Lipinski definition) is 1. The maximum absolute atomic E-state index is 8.71. The van der Waals surface area contributed by atoms with Crippen LogP contribution in [0, 0.1) is 11.3 Å². The molecule has 2 atom stereocenters. The third-order valence-corrected chi connectivity index (χ3v) is 3.08. The molecular formula is C12H13ClN2O. The quantitative estimate of drug-likeness (QED) is 0.858. The molecule has 1 fully saturated rings. The van der Waals surface area contributed by atoms with Crippen molar-refractivity contribution in [3.8, 4) is 11.8 Å². The summed E-state index contributed by atoms with van der Waals surface area (Å²) < 4.78 is 5.75. The van der Waals surface area contributed by atoms with E-state index < -0.39 is 0 Å². The maximum atomic E-state index is 8.71. The van der Waals surface area contributed by atoms with Gasteiger partial charge in [0.1, 0.15) is 11.9 Å². The number of hydrogen-bond acceptors (Lipinski definition) is 3. The molecule has 16 heavy (non-hydrogen) atoms. The maximum Gasteiger partial charge on any atom is 0.138 e. The first kappa shape index (κ1) is 11.3. The number of rotatable bonds is 2. The molecule has 1 aliphatic carbocycles. The predicted octanol–water partition coefficient (Wildman–Crippen LogP) is 2.47. The molecule has 0 spiro atoms. The number of benzene rings is 1. The first-order valence-electron chi connectivity index (χ1n) is 5.31. The van der Waals surface area contributed by atoms with Crippen LogP contribution in [0.4, 0.5) is 0 Å².